The van der Waals surface area contributed by atoms with Crippen LogP contribution in [0.2, 0.25) is 0 Å². The Labute approximate surface area is 201 Å². The van der Waals surface area contributed by atoms with Crippen LogP contribution in [0.1, 0.15) is 56.7 Å². The van der Waals surface area contributed by atoms with Crippen molar-refractivity contribution in [3.63, 3.8) is 0 Å². The van der Waals surface area contributed by atoms with Gasteiger partial charge in [0.05, 0.1) is 12.2 Å². The first-order chi connectivity index (χ1) is 16.6. The van der Waals surface area contributed by atoms with Crippen LogP contribution < -0.4 is 15.4 Å². The number of carbonyl (C=O) groups excluding carboxylic acids is 2. The number of nitrogens with zero attached hydrogens (tertiary/aromatic N) is 4. The number of fused-ring (bicyclic) bond motifs is 1. The summed E-state index contributed by atoms with van der Waals surface area (Å²) in [4.78, 5) is 27.2. The lowest BCUT2D eigenvalue weighted by molar-refractivity contribution is 0.0937. The van der Waals surface area contributed by atoms with Crippen LogP contribution in [-0.4, -0.2) is 52.3 Å². The number of aryl methyl sites for hydroxylation is 2. The molecule has 4 rings (SSSR count). The van der Waals surface area contributed by atoms with Gasteiger partial charge >= 0.3 is 0 Å². The molecular formula is C23H28N6O4S. The highest BCUT2D eigenvalue weighted by Crippen LogP contribution is 2.38. The minimum absolute atomic E-state index is 0.183. The van der Waals surface area contributed by atoms with E-state index in [-0.39, 0.29) is 18.4 Å². The summed E-state index contributed by atoms with van der Waals surface area (Å²) in [6, 6.07) is 6.91. The number of amides is 2. The van der Waals surface area contributed by atoms with Gasteiger partial charge in [-0.1, -0.05) is 6.07 Å². The van der Waals surface area contributed by atoms with Crippen molar-refractivity contribution in [1.82, 2.24) is 25.5 Å². The van der Waals surface area contributed by atoms with Crippen molar-refractivity contribution < 1.29 is 19.1 Å². The van der Waals surface area contributed by atoms with E-state index >= 15 is 0 Å². The standard InChI is InChI=1S/C23H28N6O4S/c1-3-29-19(26-27-28-29)14-33-16-8-6-7-15(13-16)21(30)25-23-20(22(31)24-11-12-32-2)17-9-4-5-10-18(17)34-23/h6-8,13H,3-5,9-12,14H2,1-2H3,(H,24,31)(H,25,30). The van der Waals surface area contributed by atoms with Crippen LogP contribution in [0.3, 0.4) is 0 Å². The van der Waals surface area contributed by atoms with Gasteiger partial charge in [-0.3, -0.25) is 9.59 Å². The summed E-state index contributed by atoms with van der Waals surface area (Å²) in [6.45, 7) is 3.61. The van der Waals surface area contributed by atoms with Crippen molar-refractivity contribution in [3.05, 3.63) is 51.7 Å². The van der Waals surface area contributed by atoms with Gasteiger partial charge in [0.25, 0.3) is 11.8 Å². The molecule has 2 N–H and O–H groups in total. The van der Waals surface area contributed by atoms with E-state index in [4.69, 9.17) is 9.47 Å². The number of nitrogens with one attached hydrogen (secondary N) is 2. The van der Waals surface area contributed by atoms with E-state index in [0.717, 1.165) is 31.2 Å². The van der Waals surface area contributed by atoms with Gasteiger partial charge in [0.15, 0.2) is 5.82 Å². The third-order valence-electron chi connectivity index (χ3n) is 5.59. The molecule has 0 atom stereocenters. The summed E-state index contributed by atoms with van der Waals surface area (Å²) in [7, 11) is 1.59. The molecule has 1 aliphatic carbocycles. The third-order valence-corrected chi connectivity index (χ3v) is 6.79. The summed E-state index contributed by atoms with van der Waals surface area (Å²) in [5, 5.41) is 17.9. The van der Waals surface area contributed by atoms with Crippen LogP contribution in [0.4, 0.5) is 5.00 Å². The summed E-state index contributed by atoms with van der Waals surface area (Å²) >= 11 is 1.49. The van der Waals surface area contributed by atoms with Crippen LogP contribution in [0, 0.1) is 0 Å². The van der Waals surface area contributed by atoms with Crippen molar-refractivity contribution in [2.45, 2.75) is 45.8 Å². The van der Waals surface area contributed by atoms with E-state index in [2.05, 4.69) is 26.2 Å². The Bertz CT molecular complexity index is 1160. The molecule has 0 fully saturated rings. The quantitative estimate of drug-likeness (QED) is 0.425. The first-order valence-corrected chi connectivity index (χ1v) is 12.1. The SMILES string of the molecule is CCn1nnnc1COc1cccc(C(=O)Nc2sc3c(c2C(=O)NCCOC)CCCC3)c1. The molecule has 0 aliphatic heterocycles. The largest absolute Gasteiger partial charge is 0.486 e. The summed E-state index contributed by atoms with van der Waals surface area (Å²) in [6.07, 6.45) is 3.90. The number of anilines is 1. The predicted molar refractivity (Wildman–Crippen MR) is 127 cm³/mol. The summed E-state index contributed by atoms with van der Waals surface area (Å²) in [5.41, 5.74) is 2.06. The van der Waals surface area contributed by atoms with E-state index in [9.17, 15) is 9.59 Å². The Morgan fingerprint density at radius 1 is 1.21 bits per heavy atom. The predicted octanol–water partition coefficient (Wildman–Crippen LogP) is 2.84. The fraction of sp³-hybridized carbons (Fsp3) is 0.435. The Morgan fingerprint density at radius 2 is 2.06 bits per heavy atom. The van der Waals surface area contributed by atoms with Gasteiger partial charge in [-0.25, -0.2) is 4.68 Å². The number of hydrogen-bond donors (Lipinski definition) is 2. The molecule has 2 aromatic heterocycles. The monoisotopic (exact) mass is 484 g/mol. The highest BCUT2D eigenvalue weighted by Gasteiger charge is 2.26. The van der Waals surface area contributed by atoms with Crippen molar-refractivity contribution in [3.8, 4) is 5.75 Å². The van der Waals surface area contributed by atoms with Crippen molar-refractivity contribution in [2.75, 3.05) is 25.6 Å². The molecule has 0 unspecified atom stereocenters. The number of carbonyl (C=O) groups is 2. The van der Waals surface area contributed by atoms with Gasteiger partial charge in [0, 0.05) is 30.6 Å². The lowest BCUT2D eigenvalue weighted by Gasteiger charge is -2.13. The first kappa shape index (κ1) is 23.8. The summed E-state index contributed by atoms with van der Waals surface area (Å²) < 4.78 is 12.5. The average Bonchev–Trinajstić information content (AvgIpc) is 3.46. The maximum atomic E-state index is 13.1. The number of hydrogen-bond acceptors (Lipinski definition) is 8. The molecule has 1 aromatic carbocycles. The van der Waals surface area contributed by atoms with Gasteiger partial charge < -0.3 is 20.1 Å². The molecular weight excluding hydrogens is 456 g/mol. The minimum atomic E-state index is -0.298. The lowest BCUT2D eigenvalue weighted by Crippen LogP contribution is -2.28. The van der Waals surface area contributed by atoms with Crippen LogP contribution >= 0.6 is 11.3 Å². The number of thiophene rings is 1. The molecule has 0 radical (unpaired) electrons. The van der Waals surface area contributed by atoms with E-state index in [1.54, 1.807) is 36.1 Å². The van der Waals surface area contributed by atoms with Crippen LogP contribution in [0.5, 0.6) is 5.75 Å². The number of tetrazole rings is 1. The second-order valence-electron chi connectivity index (χ2n) is 7.85. The van der Waals surface area contributed by atoms with Crippen LogP contribution in [0.25, 0.3) is 0 Å². The maximum Gasteiger partial charge on any atom is 0.256 e. The molecule has 180 valence electrons. The summed E-state index contributed by atoms with van der Waals surface area (Å²) in [5.74, 6) is 0.651. The zero-order valence-corrected chi connectivity index (χ0v) is 20.1. The molecule has 0 bridgehead atoms. The molecule has 3 aromatic rings. The Hall–Kier alpha value is -3.31. The van der Waals surface area contributed by atoms with Gasteiger partial charge in [0.2, 0.25) is 0 Å². The molecule has 10 nitrogen and oxygen atoms in total. The van der Waals surface area contributed by atoms with E-state index in [0.29, 0.717) is 47.4 Å². The molecule has 34 heavy (non-hydrogen) atoms. The molecule has 0 saturated heterocycles. The smallest absolute Gasteiger partial charge is 0.256 e. The fourth-order valence-electron chi connectivity index (χ4n) is 3.87. The number of rotatable bonds is 10. The van der Waals surface area contributed by atoms with Crippen molar-refractivity contribution in [2.24, 2.45) is 0 Å². The average molecular weight is 485 g/mol. The molecule has 0 spiro atoms. The topological polar surface area (TPSA) is 120 Å². The highest BCUT2D eigenvalue weighted by atomic mass is 32.1. The molecule has 2 amide bonds. The Kier molecular flexibility index (Phi) is 7.86. The first-order valence-electron chi connectivity index (χ1n) is 11.3. The zero-order valence-electron chi connectivity index (χ0n) is 19.3. The van der Waals surface area contributed by atoms with Crippen LogP contribution in [0.15, 0.2) is 24.3 Å². The highest BCUT2D eigenvalue weighted by molar-refractivity contribution is 7.17. The van der Waals surface area contributed by atoms with Gasteiger partial charge in [0.1, 0.15) is 17.4 Å². The Morgan fingerprint density at radius 3 is 2.88 bits per heavy atom. The van der Waals surface area contributed by atoms with E-state index in [1.807, 2.05) is 6.92 Å². The van der Waals surface area contributed by atoms with Crippen molar-refractivity contribution in [1.29, 1.82) is 0 Å². The second-order valence-corrected chi connectivity index (χ2v) is 8.95. The minimum Gasteiger partial charge on any atom is -0.486 e. The second kappa shape index (κ2) is 11.2. The Balaban J connectivity index is 1.49. The van der Waals surface area contributed by atoms with Gasteiger partial charge in [-0.05, 0) is 66.8 Å². The fourth-order valence-corrected chi connectivity index (χ4v) is 5.15. The third kappa shape index (κ3) is 5.42. The number of methoxy groups -OCH3 is 1. The zero-order chi connectivity index (χ0) is 23.9. The van der Waals surface area contributed by atoms with Crippen LogP contribution in [-0.2, 0) is 30.7 Å². The van der Waals surface area contributed by atoms with Gasteiger partial charge in [-0.2, -0.15) is 0 Å². The normalized spacial score (nSPS) is 12.8. The molecule has 1 aliphatic rings. The lowest BCUT2D eigenvalue weighted by atomic mass is 9.95. The molecule has 2 heterocycles. The molecule has 11 heteroatoms. The van der Waals surface area contributed by atoms with E-state index < -0.39 is 0 Å². The number of aromatic nitrogens is 4. The molecule has 0 saturated carbocycles. The maximum absolute atomic E-state index is 13.1. The van der Waals surface area contributed by atoms with E-state index in [1.165, 1.54) is 16.2 Å². The van der Waals surface area contributed by atoms with Gasteiger partial charge in [-0.15, -0.1) is 16.4 Å². The number of benzene rings is 1. The number of ether oxygens (including phenoxy) is 2. The van der Waals surface area contributed by atoms with Crippen molar-refractivity contribution >= 4 is 28.2 Å².